The molecule has 0 aliphatic rings. The van der Waals surface area contributed by atoms with E-state index in [2.05, 4.69) is 5.32 Å². The maximum atomic E-state index is 12.8. The first-order valence-corrected chi connectivity index (χ1v) is 8.04. The highest BCUT2D eigenvalue weighted by atomic mass is 35.5. The molecule has 0 heterocycles. The van der Waals surface area contributed by atoms with Gasteiger partial charge < -0.3 is 15.2 Å². The summed E-state index contributed by atoms with van der Waals surface area (Å²) in [5.74, 6) is -1.26. The van der Waals surface area contributed by atoms with Crippen LogP contribution in [-0.4, -0.2) is 24.1 Å². The van der Waals surface area contributed by atoms with Crippen molar-refractivity contribution in [1.82, 2.24) is 0 Å². The number of hydrogen-bond donors (Lipinski definition) is 2. The van der Waals surface area contributed by atoms with Crippen LogP contribution in [0.5, 0.6) is 5.75 Å². The van der Waals surface area contributed by atoms with Crippen molar-refractivity contribution in [3.8, 4) is 5.75 Å². The summed E-state index contributed by atoms with van der Waals surface area (Å²) in [7, 11) is 1.47. The molecule has 2 rings (SSSR count). The summed E-state index contributed by atoms with van der Waals surface area (Å²) in [5.41, 5.74) is 1.09. The minimum atomic E-state index is -1.17. The van der Waals surface area contributed by atoms with Gasteiger partial charge in [0.05, 0.1) is 28.9 Å². The zero-order valence-corrected chi connectivity index (χ0v) is 15.3. The molecule has 0 saturated heterocycles. The number of carboxylic acid groups (broad SMARTS) is 1. The second kappa shape index (κ2) is 7.15. The third-order valence-electron chi connectivity index (χ3n) is 3.79. The Labute approximate surface area is 151 Å². The smallest absolute Gasteiger partial charge is 0.337 e. The molecule has 0 aromatic heterocycles. The molecule has 2 N–H and O–H groups in total. The van der Waals surface area contributed by atoms with E-state index >= 15 is 0 Å². The van der Waals surface area contributed by atoms with Gasteiger partial charge in [-0.05, 0) is 35.2 Å². The van der Waals surface area contributed by atoms with E-state index in [1.807, 2.05) is 26.8 Å². The molecular formula is C19H20ClNO4. The van der Waals surface area contributed by atoms with Gasteiger partial charge >= 0.3 is 5.97 Å². The molecule has 0 atom stereocenters. The molecule has 0 aliphatic carbocycles. The fraction of sp³-hybridized carbons (Fsp3) is 0.263. The van der Waals surface area contributed by atoms with Crippen LogP contribution in [0.25, 0.3) is 0 Å². The number of carbonyl (C=O) groups is 2. The number of carboxylic acids is 1. The van der Waals surface area contributed by atoms with Crippen molar-refractivity contribution in [2.24, 2.45) is 0 Å². The number of hydrogen-bond acceptors (Lipinski definition) is 3. The van der Waals surface area contributed by atoms with Gasteiger partial charge in [-0.2, -0.15) is 0 Å². The Bertz CT molecular complexity index is 825. The van der Waals surface area contributed by atoms with Crippen LogP contribution < -0.4 is 10.1 Å². The Morgan fingerprint density at radius 1 is 1.12 bits per heavy atom. The summed E-state index contributed by atoms with van der Waals surface area (Å²) >= 11 is 6.07. The summed E-state index contributed by atoms with van der Waals surface area (Å²) in [6.07, 6.45) is 0. The number of benzene rings is 2. The average Bonchev–Trinajstić information content (AvgIpc) is 2.54. The molecule has 132 valence electrons. The SMILES string of the molecule is COc1ccc(C(C)(C)C)cc1C(=O)Nc1c(Cl)cccc1C(=O)O. The summed E-state index contributed by atoms with van der Waals surface area (Å²) < 4.78 is 5.27. The van der Waals surface area contributed by atoms with Crippen LogP contribution in [0, 0.1) is 0 Å². The number of carbonyl (C=O) groups excluding carboxylic acids is 1. The summed E-state index contributed by atoms with van der Waals surface area (Å²) in [6, 6.07) is 9.78. The number of nitrogens with one attached hydrogen (secondary N) is 1. The molecule has 0 saturated carbocycles. The minimum absolute atomic E-state index is 0.0601. The van der Waals surface area contributed by atoms with Gasteiger partial charge in [-0.3, -0.25) is 4.79 Å². The van der Waals surface area contributed by atoms with Crippen molar-refractivity contribution >= 4 is 29.2 Å². The lowest BCUT2D eigenvalue weighted by Gasteiger charge is -2.21. The zero-order valence-electron chi connectivity index (χ0n) is 14.5. The lowest BCUT2D eigenvalue weighted by atomic mass is 9.86. The largest absolute Gasteiger partial charge is 0.496 e. The van der Waals surface area contributed by atoms with Crippen molar-refractivity contribution in [3.05, 3.63) is 58.1 Å². The maximum absolute atomic E-state index is 12.8. The summed E-state index contributed by atoms with van der Waals surface area (Å²) in [5, 5.41) is 12.0. The molecular weight excluding hydrogens is 342 g/mol. The fourth-order valence-corrected chi connectivity index (χ4v) is 2.58. The first-order chi connectivity index (χ1) is 11.6. The van der Waals surface area contributed by atoms with Crippen LogP contribution in [0.2, 0.25) is 5.02 Å². The van der Waals surface area contributed by atoms with Crippen molar-refractivity contribution in [2.45, 2.75) is 26.2 Å². The van der Waals surface area contributed by atoms with Crippen LogP contribution in [0.1, 0.15) is 47.1 Å². The number of para-hydroxylation sites is 1. The summed E-state index contributed by atoms with van der Waals surface area (Å²) in [6.45, 7) is 6.10. The van der Waals surface area contributed by atoms with Crippen molar-refractivity contribution < 1.29 is 19.4 Å². The number of halogens is 1. The predicted octanol–water partition coefficient (Wildman–Crippen LogP) is 4.60. The van der Waals surface area contributed by atoms with E-state index < -0.39 is 11.9 Å². The highest BCUT2D eigenvalue weighted by Crippen LogP contribution is 2.31. The van der Waals surface area contributed by atoms with Crippen LogP contribution in [0.3, 0.4) is 0 Å². The van der Waals surface area contributed by atoms with Gasteiger partial charge in [-0.1, -0.05) is 44.5 Å². The standard InChI is InChI=1S/C19H20ClNO4/c1-19(2,3)11-8-9-15(25-4)13(10-11)17(22)21-16-12(18(23)24)6-5-7-14(16)20/h5-10H,1-4H3,(H,21,22)(H,23,24). The highest BCUT2D eigenvalue weighted by molar-refractivity contribution is 6.35. The third-order valence-corrected chi connectivity index (χ3v) is 4.11. The molecule has 0 aliphatic heterocycles. The van der Waals surface area contributed by atoms with Crippen LogP contribution in [0.4, 0.5) is 5.69 Å². The van der Waals surface area contributed by atoms with E-state index in [4.69, 9.17) is 16.3 Å². The summed E-state index contributed by atoms with van der Waals surface area (Å²) in [4.78, 5) is 24.1. The van der Waals surface area contributed by atoms with Crippen molar-refractivity contribution in [2.75, 3.05) is 12.4 Å². The van der Waals surface area contributed by atoms with Gasteiger partial charge in [0.25, 0.3) is 5.91 Å². The molecule has 0 bridgehead atoms. The number of ether oxygens (including phenoxy) is 1. The van der Waals surface area contributed by atoms with Gasteiger partial charge in [0, 0.05) is 0 Å². The van der Waals surface area contributed by atoms with Gasteiger partial charge in [0.15, 0.2) is 0 Å². The second-order valence-corrected chi connectivity index (χ2v) is 6.99. The lowest BCUT2D eigenvalue weighted by molar-refractivity contribution is 0.0698. The van der Waals surface area contributed by atoms with Gasteiger partial charge in [-0.15, -0.1) is 0 Å². The van der Waals surface area contributed by atoms with E-state index in [1.165, 1.54) is 25.3 Å². The number of aromatic carboxylic acids is 1. The molecule has 0 fully saturated rings. The fourth-order valence-electron chi connectivity index (χ4n) is 2.36. The normalized spacial score (nSPS) is 11.1. The van der Waals surface area contributed by atoms with E-state index in [9.17, 15) is 14.7 Å². The Morgan fingerprint density at radius 2 is 1.80 bits per heavy atom. The number of amides is 1. The Morgan fingerprint density at radius 3 is 2.36 bits per heavy atom. The van der Waals surface area contributed by atoms with Crippen molar-refractivity contribution in [3.63, 3.8) is 0 Å². The molecule has 5 nitrogen and oxygen atoms in total. The maximum Gasteiger partial charge on any atom is 0.337 e. The first-order valence-electron chi connectivity index (χ1n) is 7.67. The lowest BCUT2D eigenvalue weighted by Crippen LogP contribution is -2.18. The molecule has 25 heavy (non-hydrogen) atoms. The Hall–Kier alpha value is -2.53. The van der Waals surface area contributed by atoms with E-state index in [0.717, 1.165) is 5.56 Å². The van der Waals surface area contributed by atoms with Crippen LogP contribution in [-0.2, 0) is 5.41 Å². The van der Waals surface area contributed by atoms with E-state index in [1.54, 1.807) is 12.1 Å². The molecule has 0 unspecified atom stereocenters. The zero-order chi connectivity index (χ0) is 18.8. The van der Waals surface area contributed by atoms with E-state index in [-0.39, 0.29) is 21.7 Å². The first kappa shape index (κ1) is 18.8. The predicted molar refractivity (Wildman–Crippen MR) is 98.1 cm³/mol. The number of methoxy groups -OCH3 is 1. The van der Waals surface area contributed by atoms with Gasteiger partial charge in [-0.25, -0.2) is 4.79 Å². The van der Waals surface area contributed by atoms with Gasteiger partial charge in [0.2, 0.25) is 0 Å². The topological polar surface area (TPSA) is 75.6 Å². The molecule has 0 spiro atoms. The van der Waals surface area contributed by atoms with Crippen LogP contribution >= 0.6 is 11.6 Å². The highest BCUT2D eigenvalue weighted by Gasteiger charge is 2.21. The quantitative estimate of drug-likeness (QED) is 0.834. The molecule has 2 aromatic carbocycles. The Balaban J connectivity index is 2.47. The second-order valence-electron chi connectivity index (χ2n) is 6.59. The van der Waals surface area contributed by atoms with Gasteiger partial charge in [0.1, 0.15) is 5.75 Å². The van der Waals surface area contributed by atoms with E-state index in [0.29, 0.717) is 11.3 Å². The monoisotopic (exact) mass is 361 g/mol. The molecule has 2 aromatic rings. The molecule has 6 heteroatoms. The minimum Gasteiger partial charge on any atom is -0.496 e. The molecule has 1 amide bonds. The van der Waals surface area contributed by atoms with Crippen molar-refractivity contribution in [1.29, 1.82) is 0 Å². The third kappa shape index (κ3) is 4.12. The number of anilines is 1. The molecule has 0 radical (unpaired) electrons. The average molecular weight is 362 g/mol. The van der Waals surface area contributed by atoms with Crippen LogP contribution in [0.15, 0.2) is 36.4 Å². The number of rotatable bonds is 4. The Kier molecular flexibility index (Phi) is 5.38.